The quantitative estimate of drug-likeness (QED) is 0.387. The number of rotatable bonds is 6. The number of ether oxygens (including phenoxy) is 1. The molecule has 160 valence electrons. The van der Waals surface area contributed by atoms with Gasteiger partial charge >= 0.3 is 0 Å². The fraction of sp³-hybridized carbons (Fsp3) is 0.429. The third-order valence-corrected chi connectivity index (χ3v) is 6.83. The Morgan fingerprint density at radius 1 is 1.10 bits per heavy atom. The molecule has 1 nitrogen and oxygen atoms in total. The van der Waals surface area contributed by atoms with Gasteiger partial charge in [0.05, 0.1) is 6.61 Å². The van der Waals surface area contributed by atoms with Gasteiger partial charge < -0.3 is 4.74 Å². The summed E-state index contributed by atoms with van der Waals surface area (Å²) in [5, 5.41) is 1.32. The van der Waals surface area contributed by atoms with Gasteiger partial charge in [-0.25, -0.2) is 0 Å². The molecule has 3 aromatic rings. The van der Waals surface area contributed by atoms with Crippen molar-refractivity contribution >= 4 is 27.0 Å². The Hall–Kier alpha value is -2.06. The highest BCUT2D eigenvalue weighted by atomic mass is 32.1. The molecule has 3 rings (SSSR count). The van der Waals surface area contributed by atoms with E-state index in [0.717, 1.165) is 18.8 Å². The van der Waals surface area contributed by atoms with E-state index in [1.807, 2.05) is 11.3 Å². The number of benzene rings is 2. The number of hydrogen-bond donors (Lipinski definition) is 0. The van der Waals surface area contributed by atoms with Crippen LogP contribution in [-0.4, -0.2) is 6.61 Å². The van der Waals surface area contributed by atoms with Gasteiger partial charge in [-0.05, 0) is 66.5 Å². The summed E-state index contributed by atoms with van der Waals surface area (Å²) in [5.41, 5.74) is 6.52. The highest BCUT2D eigenvalue weighted by Crippen LogP contribution is 2.44. The molecule has 0 saturated heterocycles. The molecular formula is C28H36OS. The van der Waals surface area contributed by atoms with Crippen molar-refractivity contribution in [3.63, 3.8) is 0 Å². The second-order valence-corrected chi connectivity index (χ2v) is 10.7. The molecule has 0 aliphatic rings. The van der Waals surface area contributed by atoms with Crippen molar-refractivity contribution < 1.29 is 4.74 Å². The Kier molecular flexibility index (Phi) is 6.77. The van der Waals surface area contributed by atoms with Gasteiger partial charge in [-0.1, -0.05) is 65.8 Å². The van der Waals surface area contributed by atoms with E-state index >= 15 is 0 Å². The van der Waals surface area contributed by atoms with E-state index in [4.69, 9.17) is 4.74 Å². The molecular weight excluding hydrogens is 384 g/mol. The summed E-state index contributed by atoms with van der Waals surface area (Å²) in [6.45, 7) is 18.5. The Labute approximate surface area is 186 Å². The van der Waals surface area contributed by atoms with Gasteiger partial charge in [0.1, 0.15) is 5.75 Å². The van der Waals surface area contributed by atoms with Gasteiger partial charge in [-0.15, -0.1) is 11.3 Å². The van der Waals surface area contributed by atoms with Crippen molar-refractivity contribution in [2.75, 3.05) is 6.61 Å². The lowest BCUT2D eigenvalue weighted by molar-refractivity contribution is 0.266. The lowest BCUT2D eigenvalue weighted by Crippen LogP contribution is -2.16. The lowest BCUT2D eigenvalue weighted by atomic mass is 9.82. The summed E-state index contributed by atoms with van der Waals surface area (Å²) in [7, 11) is 0. The Morgan fingerprint density at radius 2 is 1.83 bits per heavy atom. The SMILES string of the molecule is C/C=C(\C)c1cc2c(-c3cc(CC)cc(C(C)(C)C)c3OCC(C)C)cccc2s1. The van der Waals surface area contributed by atoms with Crippen molar-refractivity contribution in [2.24, 2.45) is 5.92 Å². The molecule has 0 bridgehead atoms. The summed E-state index contributed by atoms with van der Waals surface area (Å²) < 4.78 is 7.86. The first kappa shape index (κ1) is 22.6. The van der Waals surface area contributed by atoms with Gasteiger partial charge in [0, 0.05) is 26.1 Å². The van der Waals surface area contributed by atoms with Gasteiger partial charge in [-0.2, -0.15) is 0 Å². The summed E-state index contributed by atoms with van der Waals surface area (Å²) >= 11 is 1.87. The first-order valence-electron chi connectivity index (χ1n) is 11.1. The lowest BCUT2D eigenvalue weighted by Gasteiger charge is -2.27. The van der Waals surface area contributed by atoms with Crippen molar-refractivity contribution in [3.8, 4) is 16.9 Å². The number of allylic oxidation sites excluding steroid dienone is 2. The van der Waals surface area contributed by atoms with Crippen molar-refractivity contribution in [1.82, 2.24) is 0 Å². The molecule has 0 saturated carbocycles. The summed E-state index contributed by atoms with van der Waals surface area (Å²) in [6, 6.07) is 13.7. The highest BCUT2D eigenvalue weighted by Gasteiger charge is 2.24. The Balaban J connectivity index is 2.32. The fourth-order valence-electron chi connectivity index (χ4n) is 3.69. The smallest absolute Gasteiger partial charge is 0.130 e. The van der Waals surface area contributed by atoms with Crippen LogP contribution in [0.25, 0.3) is 26.8 Å². The molecule has 30 heavy (non-hydrogen) atoms. The summed E-state index contributed by atoms with van der Waals surface area (Å²) in [5.74, 6) is 1.54. The third-order valence-electron chi connectivity index (χ3n) is 5.60. The van der Waals surface area contributed by atoms with Crippen molar-refractivity contribution in [1.29, 1.82) is 0 Å². The number of hydrogen-bond acceptors (Lipinski definition) is 2. The number of aryl methyl sites for hydroxylation is 1. The van der Waals surface area contributed by atoms with Crippen LogP contribution in [0.15, 0.2) is 42.5 Å². The topological polar surface area (TPSA) is 9.23 Å². The van der Waals surface area contributed by atoms with Crippen LogP contribution in [0, 0.1) is 5.92 Å². The van der Waals surface area contributed by atoms with Crippen LogP contribution in [0.4, 0.5) is 0 Å². The van der Waals surface area contributed by atoms with Crippen LogP contribution < -0.4 is 4.74 Å². The molecule has 0 N–H and O–H groups in total. The minimum Gasteiger partial charge on any atom is -0.492 e. The Bertz CT molecular complexity index is 1060. The molecule has 0 spiro atoms. The van der Waals surface area contributed by atoms with Crippen LogP contribution in [0.5, 0.6) is 5.75 Å². The van der Waals surface area contributed by atoms with Crippen LogP contribution in [0.3, 0.4) is 0 Å². The average molecular weight is 421 g/mol. The summed E-state index contributed by atoms with van der Waals surface area (Å²) in [6.07, 6.45) is 3.21. The van der Waals surface area contributed by atoms with E-state index in [0.29, 0.717) is 5.92 Å². The first-order chi connectivity index (χ1) is 14.2. The molecule has 0 aliphatic carbocycles. The van der Waals surface area contributed by atoms with Crippen LogP contribution in [0.2, 0.25) is 0 Å². The second-order valence-electron chi connectivity index (χ2n) is 9.63. The molecule has 1 heterocycles. The second kappa shape index (κ2) is 8.98. The van der Waals surface area contributed by atoms with Gasteiger partial charge in [0.15, 0.2) is 0 Å². The molecule has 1 aromatic heterocycles. The molecule has 0 atom stereocenters. The maximum atomic E-state index is 6.53. The van der Waals surface area contributed by atoms with E-state index in [-0.39, 0.29) is 5.41 Å². The monoisotopic (exact) mass is 420 g/mol. The Morgan fingerprint density at radius 3 is 2.43 bits per heavy atom. The third kappa shape index (κ3) is 4.64. The molecule has 0 aliphatic heterocycles. The number of fused-ring (bicyclic) bond motifs is 1. The van der Waals surface area contributed by atoms with E-state index in [1.54, 1.807) is 0 Å². The van der Waals surface area contributed by atoms with Crippen LogP contribution in [0.1, 0.15) is 71.4 Å². The zero-order valence-electron chi connectivity index (χ0n) is 19.8. The normalized spacial score (nSPS) is 12.8. The number of thiophene rings is 1. The zero-order valence-corrected chi connectivity index (χ0v) is 20.7. The molecule has 2 aromatic carbocycles. The van der Waals surface area contributed by atoms with Gasteiger partial charge in [0.25, 0.3) is 0 Å². The standard InChI is InChI=1S/C28H36OS/c1-9-19(5)26-16-22-21(12-11-13-25(22)30-26)23-14-20(10-2)15-24(28(6,7)8)27(23)29-17-18(3)4/h9,11-16,18H,10,17H2,1-8H3/b19-9+. The average Bonchev–Trinajstić information content (AvgIpc) is 3.14. The molecule has 2 heteroatoms. The highest BCUT2D eigenvalue weighted by molar-refractivity contribution is 7.20. The first-order valence-corrected chi connectivity index (χ1v) is 11.9. The van der Waals surface area contributed by atoms with E-state index in [1.165, 1.54) is 42.8 Å². The largest absolute Gasteiger partial charge is 0.492 e. The predicted molar refractivity (Wildman–Crippen MR) is 135 cm³/mol. The van der Waals surface area contributed by atoms with Crippen LogP contribution >= 0.6 is 11.3 Å². The van der Waals surface area contributed by atoms with Gasteiger partial charge in [0.2, 0.25) is 0 Å². The van der Waals surface area contributed by atoms with Crippen molar-refractivity contribution in [2.45, 2.75) is 67.2 Å². The fourth-order valence-corrected chi connectivity index (χ4v) is 4.81. The minimum atomic E-state index is 0.0154. The molecule has 0 radical (unpaired) electrons. The zero-order chi connectivity index (χ0) is 22.1. The van der Waals surface area contributed by atoms with Crippen LogP contribution in [-0.2, 0) is 11.8 Å². The van der Waals surface area contributed by atoms with E-state index < -0.39 is 0 Å². The molecule has 0 amide bonds. The molecule has 0 fully saturated rings. The van der Waals surface area contributed by atoms with Crippen molar-refractivity contribution in [3.05, 3.63) is 58.5 Å². The maximum absolute atomic E-state index is 6.53. The van der Waals surface area contributed by atoms with Gasteiger partial charge in [-0.3, -0.25) is 0 Å². The summed E-state index contributed by atoms with van der Waals surface area (Å²) in [4.78, 5) is 1.34. The minimum absolute atomic E-state index is 0.0154. The molecule has 0 unspecified atom stereocenters. The van der Waals surface area contributed by atoms with E-state index in [9.17, 15) is 0 Å². The predicted octanol–water partition coefficient (Wildman–Crippen LogP) is 8.89. The van der Waals surface area contributed by atoms with E-state index in [2.05, 4.69) is 97.9 Å². The maximum Gasteiger partial charge on any atom is 0.130 e.